The van der Waals surface area contributed by atoms with Crippen LogP contribution in [0.15, 0.2) is 4.99 Å². The molecule has 6 heteroatoms. The first kappa shape index (κ1) is 13.1. The molecule has 0 heterocycles. The molecule has 0 fully saturated rings. The fraction of sp³-hybridized carbons (Fsp3) is 0.750. The lowest BCUT2D eigenvalue weighted by Gasteiger charge is -2.01. The number of nitriles is 1. The number of rotatable bonds is 7. The first-order valence-electron chi connectivity index (χ1n) is 4.27. The quantitative estimate of drug-likeness (QED) is 0.358. The van der Waals surface area contributed by atoms with Gasteiger partial charge in [-0.05, 0) is 19.1 Å². The molecule has 0 aromatic rings. The van der Waals surface area contributed by atoms with Gasteiger partial charge in [0.15, 0.2) is 0 Å². The summed E-state index contributed by atoms with van der Waals surface area (Å²) in [5.74, 6) is -0.0234. The highest BCUT2D eigenvalue weighted by molar-refractivity contribution is 7.86. The Hall–Kier alpha value is -0.930. The second kappa shape index (κ2) is 7.47. The maximum absolute atomic E-state index is 11.1. The fourth-order valence-electron chi connectivity index (χ4n) is 0.754. The van der Waals surface area contributed by atoms with Crippen LogP contribution in [0.5, 0.6) is 0 Å². The SMILES string of the molecule is CN=CCCCS(=O)(=O)OCCC#N. The van der Waals surface area contributed by atoms with E-state index in [2.05, 4.69) is 9.18 Å². The van der Waals surface area contributed by atoms with Crippen LogP contribution in [0.25, 0.3) is 0 Å². The van der Waals surface area contributed by atoms with Crippen molar-refractivity contribution < 1.29 is 12.6 Å². The molecule has 0 N–H and O–H groups in total. The third-order valence-electron chi connectivity index (χ3n) is 1.39. The number of aliphatic imine (C=N–C) groups is 1. The van der Waals surface area contributed by atoms with E-state index in [1.54, 1.807) is 19.3 Å². The van der Waals surface area contributed by atoms with Crippen LogP contribution in [0.1, 0.15) is 19.3 Å². The molecule has 0 amide bonds. The van der Waals surface area contributed by atoms with Crippen molar-refractivity contribution in [3.8, 4) is 6.07 Å². The summed E-state index contributed by atoms with van der Waals surface area (Å²) in [6, 6.07) is 1.81. The standard InChI is InChI=1S/C8H14N2O3S/c1-10-6-2-3-8-14(11,12)13-7-4-5-9/h6H,2-4,7-8H2,1H3. The van der Waals surface area contributed by atoms with E-state index in [0.29, 0.717) is 12.8 Å². The van der Waals surface area contributed by atoms with E-state index in [9.17, 15) is 8.42 Å². The predicted molar refractivity (Wildman–Crippen MR) is 53.6 cm³/mol. The Labute approximate surface area is 84.5 Å². The van der Waals surface area contributed by atoms with Gasteiger partial charge in [-0.25, -0.2) is 0 Å². The minimum atomic E-state index is -3.45. The third-order valence-corrected chi connectivity index (χ3v) is 2.70. The lowest BCUT2D eigenvalue weighted by Crippen LogP contribution is -2.11. The largest absolute Gasteiger partial charge is 0.301 e. The molecular weight excluding hydrogens is 204 g/mol. The maximum Gasteiger partial charge on any atom is 0.267 e. The van der Waals surface area contributed by atoms with Gasteiger partial charge in [0.05, 0.1) is 24.8 Å². The van der Waals surface area contributed by atoms with Crippen molar-refractivity contribution in [1.82, 2.24) is 0 Å². The summed E-state index contributed by atoms with van der Waals surface area (Å²) in [5.41, 5.74) is 0. The molecule has 0 unspecified atom stereocenters. The van der Waals surface area contributed by atoms with Crippen LogP contribution < -0.4 is 0 Å². The lowest BCUT2D eigenvalue weighted by molar-refractivity contribution is 0.326. The van der Waals surface area contributed by atoms with Crippen LogP contribution in [0.3, 0.4) is 0 Å². The smallest absolute Gasteiger partial charge is 0.267 e. The molecular formula is C8H14N2O3S. The summed E-state index contributed by atoms with van der Waals surface area (Å²) in [4.78, 5) is 3.73. The average Bonchev–Trinajstić information content (AvgIpc) is 2.13. The van der Waals surface area contributed by atoms with Crippen molar-refractivity contribution >= 4 is 16.3 Å². The van der Waals surface area contributed by atoms with Gasteiger partial charge < -0.3 is 4.99 Å². The summed E-state index contributed by atoms with van der Waals surface area (Å²) < 4.78 is 26.7. The summed E-state index contributed by atoms with van der Waals surface area (Å²) >= 11 is 0. The summed E-state index contributed by atoms with van der Waals surface area (Å²) in [7, 11) is -1.81. The van der Waals surface area contributed by atoms with Crippen molar-refractivity contribution in [1.29, 1.82) is 5.26 Å². The number of nitrogens with zero attached hydrogens (tertiary/aromatic N) is 2. The normalized spacial score (nSPS) is 11.7. The molecule has 80 valence electrons. The Morgan fingerprint density at radius 1 is 1.57 bits per heavy atom. The van der Waals surface area contributed by atoms with E-state index in [-0.39, 0.29) is 18.8 Å². The number of hydrogen-bond acceptors (Lipinski definition) is 5. The topological polar surface area (TPSA) is 79.5 Å². The summed E-state index contributed by atoms with van der Waals surface area (Å²) in [6.45, 7) is -0.0549. The Kier molecular flexibility index (Phi) is 6.98. The zero-order chi connectivity index (χ0) is 10.9. The molecule has 0 radical (unpaired) electrons. The van der Waals surface area contributed by atoms with Crippen LogP contribution >= 0.6 is 0 Å². The van der Waals surface area contributed by atoms with Crippen LogP contribution in [-0.4, -0.2) is 34.0 Å². The first-order chi connectivity index (χ1) is 6.62. The van der Waals surface area contributed by atoms with E-state index < -0.39 is 10.1 Å². The van der Waals surface area contributed by atoms with Gasteiger partial charge in [0, 0.05) is 7.05 Å². The maximum atomic E-state index is 11.1. The molecule has 0 saturated carbocycles. The molecule has 0 aliphatic heterocycles. The second-order valence-corrected chi connectivity index (χ2v) is 4.33. The molecule has 0 spiro atoms. The van der Waals surface area contributed by atoms with Gasteiger partial charge in [-0.1, -0.05) is 0 Å². The van der Waals surface area contributed by atoms with E-state index in [1.165, 1.54) is 0 Å². The summed E-state index contributed by atoms with van der Waals surface area (Å²) in [5, 5.41) is 8.17. The van der Waals surface area contributed by atoms with E-state index in [1.807, 2.05) is 0 Å². The Bertz CT molecular complexity index is 303. The van der Waals surface area contributed by atoms with Gasteiger partial charge >= 0.3 is 0 Å². The highest BCUT2D eigenvalue weighted by atomic mass is 32.2. The average molecular weight is 218 g/mol. The Morgan fingerprint density at radius 3 is 2.86 bits per heavy atom. The molecule has 0 saturated heterocycles. The van der Waals surface area contributed by atoms with Crippen LogP contribution in [-0.2, 0) is 14.3 Å². The fourth-order valence-corrected chi connectivity index (χ4v) is 1.73. The van der Waals surface area contributed by atoms with E-state index in [0.717, 1.165) is 0 Å². The second-order valence-electron chi connectivity index (χ2n) is 2.57. The number of unbranched alkanes of at least 4 members (excludes halogenated alkanes) is 1. The zero-order valence-corrected chi connectivity index (χ0v) is 8.96. The lowest BCUT2D eigenvalue weighted by atomic mass is 10.4. The van der Waals surface area contributed by atoms with Crippen molar-refractivity contribution in [2.24, 2.45) is 4.99 Å². The molecule has 0 aromatic carbocycles. The molecule has 0 aromatic heterocycles. The molecule has 14 heavy (non-hydrogen) atoms. The highest BCUT2D eigenvalue weighted by Crippen LogP contribution is 1.99. The van der Waals surface area contributed by atoms with Crippen LogP contribution in [0.4, 0.5) is 0 Å². The highest BCUT2D eigenvalue weighted by Gasteiger charge is 2.09. The van der Waals surface area contributed by atoms with Crippen molar-refractivity contribution in [3.63, 3.8) is 0 Å². The third kappa shape index (κ3) is 7.71. The van der Waals surface area contributed by atoms with Gasteiger partial charge in [-0.2, -0.15) is 13.7 Å². The molecule has 5 nitrogen and oxygen atoms in total. The van der Waals surface area contributed by atoms with E-state index >= 15 is 0 Å². The monoisotopic (exact) mass is 218 g/mol. The van der Waals surface area contributed by atoms with E-state index in [4.69, 9.17) is 5.26 Å². The predicted octanol–water partition coefficient (Wildman–Crippen LogP) is 0.727. The van der Waals surface area contributed by atoms with Gasteiger partial charge in [-0.15, -0.1) is 0 Å². The van der Waals surface area contributed by atoms with Crippen LogP contribution in [0, 0.1) is 11.3 Å². The van der Waals surface area contributed by atoms with Gasteiger partial charge in [0.25, 0.3) is 10.1 Å². The first-order valence-corrected chi connectivity index (χ1v) is 5.85. The Balaban J connectivity index is 3.68. The van der Waals surface area contributed by atoms with Crippen molar-refractivity contribution in [2.45, 2.75) is 19.3 Å². The van der Waals surface area contributed by atoms with Crippen molar-refractivity contribution in [2.75, 3.05) is 19.4 Å². The molecule has 0 rings (SSSR count). The van der Waals surface area contributed by atoms with Gasteiger partial charge in [0.1, 0.15) is 0 Å². The number of hydrogen-bond donors (Lipinski definition) is 0. The minimum Gasteiger partial charge on any atom is -0.301 e. The summed E-state index contributed by atoms with van der Waals surface area (Å²) in [6.07, 6.45) is 2.87. The van der Waals surface area contributed by atoms with Crippen molar-refractivity contribution in [3.05, 3.63) is 0 Å². The molecule has 0 atom stereocenters. The minimum absolute atomic E-state index is 0.0234. The van der Waals surface area contributed by atoms with Gasteiger partial charge in [0.2, 0.25) is 0 Å². The zero-order valence-electron chi connectivity index (χ0n) is 8.14. The molecule has 0 aliphatic rings. The van der Waals surface area contributed by atoms with Gasteiger partial charge in [-0.3, -0.25) is 4.18 Å². The Morgan fingerprint density at radius 2 is 2.29 bits per heavy atom. The molecule has 0 aliphatic carbocycles. The molecule has 0 bridgehead atoms. The van der Waals surface area contributed by atoms with Crippen LogP contribution in [0.2, 0.25) is 0 Å².